The van der Waals surface area contributed by atoms with E-state index in [-0.39, 0.29) is 12.3 Å². The SMILES string of the molecule is CC[N+]1(CC(=O)O)CCC(=O)CC1. The van der Waals surface area contributed by atoms with Crippen molar-refractivity contribution in [3.8, 4) is 0 Å². The maximum absolute atomic E-state index is 11.0. The van der Waals surface area contributed by atoms with Gasteiger partial charge in [-0.2, -0.15) is 0 Å². The van der Waals surface area contributed by atoms with Crippen LogP contribution in [0.5, 0.6) is 0 Å². The van der Waals surface area contributed by atoms with Crippen molar-refractivity contribution in [3.63, 3.8) is 0 Å². The van der Waals surface area contributed by atoms with E-state index in [0.29, 0.717) is 30.4 Å². The number of hydrogen-bond donors (Lipinski definition) is 1. The quantitative estimate of drug-likeness (QED) is 0.644. The fourth-order valence-corrected chi connectivity index (χ4v) is 1.83. The highest BCUT2D eigenvalue weighted by atomic mass is 16.4. The van der Waals surface area contributed by atoms with E-state index in [1.54, 1.807) is 0 Å². The molecule has 0 amide bonds. The fourth-order valence-electron chi connectivity index (χ4n) is 1.83. The summed E-state index contributed by atoms with van der Waals surface area (Å²) in [5.41, 5.74) is 0. The van der Waals surface area contributed by atoms with Crippen LogP contribution < -0.4 is 0 Å². The molecule has 0 radical (unpaired) electrons. The Balaban J connectivity index is 2.60. The fraction of sp³-hybridized carbons (Fsp3) is 0.778. The lowest BCUT2D eigenvalue weighted by atomic mass is 10.1. The van der Waals surface area contributed by atoms with Gasteiger partial charge in [0.15, 0.2) is 6.54 Å². The molecular weight excluding hydrogens is 170 g/mol. The van der Waals surface area contributed by atoms with E-state index in [2.05, 4.69) is 0 Å². The predicted molar refractivity (Wildman–Crippen MR) is 47.3 cm³/mol. The number of aliphatic carboxylic acids is 1. The van der Waals surface area contributed by atoms with Crippen LogP contribution >= 0.6 is 0 Å². The molecule has 0 unspecified atom stereocenters. The van der Waals surface area contributed by atoms with Crippen LogP contribution in [0.25, 0.3) is 0 Å². The number of Topliss-reactive ketones (excluding diaryl/α,β-unsaturated/α-hetero) is 1. The Morgan fingerprint density at radius 1 is 1.46 bits per heavy atom. The van der Waals surface area contributed by atoms with Crippen molar-refractivity contribution in [1.82, 2.24) is 0 Å². The molecule has 0 saturated carbocycles. The lowest BCUT2D eigenvalue weighted by Gasteiger charge is -2.38. The molecule has 13 heavy (non-hydrogen) atoms. The van der Waals surface area contributed by atoms with Crippen LogP contribution in [0.15, 0.2) is 0 Å². The average Bonchev–Trinajstić information content (AvgIpc) is 2.09. The summed E-state index contributed by atoms with van der Waals surface area (Å²) in [6, 6.07) is 0. The molecule has 0 aliphatic carbocycles. The third kappa shape index (κ3) is 2.52. The van der Waals surface area contributed by atoms with E-state index in [9.17, 15) is 9.59 Å². The molecule has 0 bridgehead atoms. The third-order valence-electron chi connectivity index (χ3n) is 2.87. The zero-order chi connectivity index (χ0) is 9.90. The summed E-state index contributed by atoms with van der Waals surface area (Å²) >= 11 is 0. The normalized spacial score (nSPS) is 21.5. The molecule has 1 heterocycles. The van der Waals surface area contributed by atoms with Crippen molar-refractivity contribution in [2.45, 2.75) is 19.8 Å². The number of carbonyl (C=O) groups is 2. The van der Waals surface area contributed by atoms with E-state index in [0.717, 1.165) is 6.54 Å². The first-order valence-electron chi connectivity index (χ1n) is 4.66. The summed E-state index contributed by atoms with van der Waals surface area (Å²) in [4.78, 5) is 21.6. The molecule has 1 fully saturated rings. The molecular formula is C9H16NO3+. The molecule has 4 nitrogen and oxygen atoms in total. The zero-order valence-corrected chi connectivity index (χ0v) is 7.95. The number of carbonyl (C=O) groups excluding carboxylic acids is 1. The molecule has 74 valence electrons. The molecule has 0 aromatic carbocycles. The number of carboxylic acid groups (broad SMARTS) is 1. The molecule has 0 aromatic rings. The number of rotatable bonds is 3. The van der Waals surface area contributed by atoms with Crippen molar-refractivity contribution in [1.29, 1.82) is 0 Å². The number of hydrogen-bond acceptors (Lipinski definition) is 2. The lowest BCUT2D eigenvalue weighted by molar-refractivity contribution is -0.920. The Hall–Kier alpha value is -0.900. The second-order valence-electron chi connectivity index (χ2n) is 3.70. The van der Waals surface area contributed by atoms with Gasteiger partial charge in [0.2, 0.25) is 0 Å². The zero-order valence-electron chi connectivity index (χ0n) is 7.95. The standard InChI is InChI=1S/C9H15NO3/c1-2-10(7-9(12)13)5-3-8(11)4-6-10/h2-7H2,1H3/p+1. The predicted octanol–water partition coefficient (Wildman–Crippen LogP) is 0.271. The van der Waals surface area contributed by atoms with Gasteiger partial charge in [-0.3, -0.25) is 4.79 Å². The van der Waals surface area contributed by atoms with E-state index in [4.69, 9.17) is 5.11 Å². The van der Waals surface area contributed by atoms with Crippen LogP contribution in [-0.4, -0.2) is 47.5 Å². The Kier molecular flexibility index (Phi) is 3.03. The topological polar surface area (TPSA) is 54.4 Å². The van der Waals surface area contributed by atoms with Gasteiger partial charge in [-0.15, -0.1) is 0 Å². The average molecular weight is 186 g/mol. The van der Waals surface area contributed by atoms with Crippen molar-refractivity contribution < 1.29 is 19.2 Å². The van der Waals surface area contributed by atoms with Crippen LogP contribution in [-0.2, 0) is 9.59 Å². The summed E-state index contributed by atoms with van der Waals surface area (Å²) in [5.74, 6) is -0.496. The number of likely N-dealkylation sites (N-methyl/N-ethyl adjacent to an activating group) is 1. The first kappa shape index (κ1) is 10.2. The van der Waals surface area contributed by atoms with Crippen LogP contribution in [0.1, 0.15) is 19.8 Å². The first-order valence-corrected chi connectivity index (χ1v) is 4.66. The molecule has 1 aliphatic rings. The summed E-state index contributed by atoms with van der Waals surface area (Å²) in [7, 11) is 0. The summed E-state index contributed by atoms with van der Waals surface area (Å²) in [6.07, 6.45) is 1.09. The minimum absolute atomic E-state index is 0.157. The summed E-state index contributed by atoms with van der Waals surface area (Å²) in [6.45, 7) is 4.34. The number of carboxylic acids is 1. The van der Waals surface area contributed by atoms with E-state index in [1.165, 1.54) is 0 Å². The minimum atomic E-state index is -0.767. The van der Waals surface area contributed by atoms with Crippen molar-refractivity contribution >= 4 is 11.8 Å². The van der Waals surface area contributed by atoms with Crippen molar-refractivity contribution in [2.24, 2.45) is 0 Å². The molecule has 0 aromatic heterocycles. The number of ketones is 1. The minimum Gasteiger partial charge on any atom is -0.477 e. The summed E-state index contributed by atoms with van der Waals surface area (Å²) < 4.78 is 0.571. The van der Waals surface area contributed by atoms with Gasteiger partial charge in [0, 0.05) is 0 Å². The monoisotopic (exact) mass is 186 g/mol. The van der Waals surface area contributed by atoms with Gasteiger partial charge >= 0.3 is 5.97 Å². The van der Waals surface area contributed by atoms with Gasteiger partial charge in [0.25, 0.3) is 0 Å². The molecule has 0 spiro atoms. The smallest absolute Gasteiger partial charge is 0.359 e. The van der Waals surface area contributed by atoms with E-state index < -0.39 is 5.97 Å². The molecule has 1 rings (SSSR count). The summed E-state index contributed by atoms with van der Waals surface area (Å²) in [5, 5.41) is 8.73. The third-order valence-corrected chi connectivity index (χ3v) is 2.87. The highest BCUT2D eigenvalue weighted by Gasteiger charge is 2.33. The highest BCUT2D eigenvalue weighted by molar-refractivity contribution is 5.79. The molecule has 1 aliphatic heterocycles. The van der Waals surface area contributed by atoms with Gasteiger partial charge in [0.05, 0.1) is 32.5 Å². The number of quaternary nitrogens is 1. The first-order chi connectivity index (χ1) is 6.08. The van der Waals surface area contributed by atoms with Crippen LogP contribution in [0.4, 0.5) is 0 Å². The van der Waals surface area contributed by atoms with Crippen molar-refractivity contribution in [3.05, 3.63) is 0 Å². The maximum atomic E-state index is 11.0. The van der Waals surface area contributed by atoms with Crippen LogP contribution in [0.3, 0.4) is 0 Å². The molecule has 0 atom stereocenters. The molecule has 4 heteroatoms. The van der Waals surface area contributed by atoms with Gasteiger partial charge in [-0.25, -0.2) is 4.79 Å². The number of piperidine rings is 1. The largest absolute Gasteiger partial charge is 0.477 e. The Labute approximate surface area is 77.7 Å². The molecule has 1 saturated heterocycles. The Morgan fingerprint density at radius 2 is 2.00 bits per heavy atom. The molecule has 1 N–H and O–H groups in total. The maximum Gasteiger partial charge on any atom is 0.359 e. The second-order valence-corrected chi connectivity index (χ2v) is 3.70. The number of likely N-dealkylation sites (tertiary alicyclic amines) is 1. The van der Waals surface area contributed by atoms with Gasteiger partial charge in [-0.1, -0.05) is 0 Å². The van der Waals surface area contributed by atoms with E-state index in [1.807, 2.05) is 6.92 Å². The van der Waals surface area contributed by atoms with Gasteiger partial charge in [0.1, 0.15) is 5.78 Å². The van der Waals surface area contributed by atoms with Crippen LogP contribution in [0, 0.1) is 0 Å². The Bertz CT molecular complexity index is 215. The van der Waals surface area contributed by atoms with Gasteiger partial charge in [-0.05, 0) is 6.92 Å². The van der Waals surface area contributed by atoms with Gasteiger partial charge < -0.3 is 9.59 Å². The highest BCUT2D eigenvalue weighted by Crippen LogP contribution is 2.15. The van der Waals surface area contributed by atoms with E-state index >= 15 is 0 Å². The number of nitrogens with zero attached hydrogens (tertiary/aromatic N) is 1. The lowest BCUT2D eigenvalue weighted by Crippen LogP contribution is -2.55. The Morgan fingerprint density at radius 3 is 2.38 bits per heavy atom. The second kappa shape index (κ2) is 3.87. The van der Waals surface area contributed by atoms with Crippen LogP contribution in [0.2, 0.25) is 0 Å². The van der Waals surface area contributed by atoms with Crippen molar-refractivity contribution in [2.75, 3.05) is 26.2 Å².